The standard InChI is InChI=1S/C41H31N3S/c42-35(15-9-10-24-43-36-16-5-1-11-29(36)30-12-2-6-17-37(30)43)27-20-22-40-33(25-27)34-26-28(21-23-41(34)45-40)44-38-18-7-3-13-31(38)32-14-4-8-19-39(32)44/h1-5,7-16,18-23,25-26H,6,17,24,42H2/b10-9-,35-15-. The zero-order valence-electron chi connectivity index (χ0n) is 24.8. The molecule has 45 heavy (non-hydrogen) atoms. The number of hydrogen-bond acceptors (Lipinski definition) is 2. The van der Waals surface area contributed by atoms with Crippen molar-refractivity contribution in [3.8, 4) is 5.69 Å². The molecule has 0 amide bonds. The Morgan fingerprint density at radius 3 is 2.16 bits per heavy atom. The minimum Gasteiger partial charge on any atom is -0.398 e. The van der Waals surface area contributed by atoms with Gasteiger partial charge in [-0.3, -0.25) is 0 Å². The lowest BCUT2D eigenvalue weighted by atomic mass is 10.0. The van der Waals surface area contributed by atoms with E-state index in [1.165, 1.54) is 69.8 Å². The molecule has 216 valence electrons. The highest BCUT2D eigenvalue weighted by atomic mass is 32.1. The maximum absolute atomic E-state index is 6.68. The summed E-state index contributed by atoms with van der Waals surface area (Å²) in [6.07, 6.45) is 13.1. The summed E-state index contributed by atoms with van der Waals surface area (Å²) in [6, 6.07) is 39.5. The molecule has 0 atom stereocenters. The molecule has 0 saturated heterocycles. The molecular formula is C41H31N3S. The number of thiophene rings is 1. The van der Waals surface area contributed by atoms with Gasteiger partial charge in [0.1, 0.15) is 0 Å². The van der Waals surface area contributed by atoms with Crippen molar-refractivity contribution >= 4 is 76.0 Å². The second-order valence-electron chi connectivity index (χ2n) is 11.8. The van der Waals surface area contributed by atoms with E-state index < -0.39 is 0 Å². The van der Waals surface area contributed by atoms with Crippen LogP contribution in [0.4, 0.5) is 0 Å². The van der Waals surface area contributed by atoms with Crippen LogP contribution in [0.1, 0.15) is 23.2 Å². The third-order valence-electron chi connectivity index (χ3n) is 9.28. The van der Waals surface area contributed by atoms with Crippen LogP contribution < -0.4 is 5.73 Å². The summed E-state index contributed by atoms with van der Waals surface area (Å²) in [7, 11) is 0. The molecule has 9 rings (SSSR count). The summed E-state index contributed by atoms with van der Waals surface area (Å²) >= 11 is 1.84. The molecule has 1 aliphatic rings. The third-order valence-corrected chi connectivity index (χ3v) is 10.4. The van der Waals surface area contributed by atoms with Gasteiger partial charge in [-0.05, 0) is 73.0 Å². The Morgan fingerprint density at radius 1 is 0.711 bits per heavy atom. The van der Waals surface area contributed by atoms with E-state index in [9.17, 15) is 0 Å². The molecule has 0 spiro atoms. The van der Waals surface area contributed by atoms with Crippen molar-refractivity contribution in [2.75, 3.05) is 0 Å². The summed E-state index contributed by atoms with van der Waals surface area (Å²) in [6.45, 7) is 0.827. The van der Waals surface area contributed by atoms with Crippen LogP contribution in [0, 0.1) is 0 Å². The van der Waals surface area contributed by atoms with E-state index in [2.05, 4.69) is 143 Å². The van der Waals surface area contributed by atoms with Crippen LogP contribution in [0.15, 0.2) is 133 Å². The molecule has 4 heteroatoms. The molecule has 8 aromatic rings. The molecule has 0 saturated carbocycles. The number of nitrogens with two attached hydrogens (primary N) is 1. The lowest BCUT2D eigenvalue weighted by Gasteiger charge is -2.11. The predicted octanol–water partition coefficient (Wildman–Crippen LogP) is 10.6. The number of fused-ring (bicyclic) bond motifs is 9. The lowest BCUT2D eigenvalue weighted by Crippen LogP contribution is -2.03. The maximum atomic E-state index is 6.68. The Hall–Kier alpha value is -5.32. The fourth-order valence-electron chi connectivity index (χ4n) is 7.19. The summed E-state index contributed by atoms with van der Waals surface area (Å²) < 4.78 is 7.39. The largest absolute Gasteiger partial charge is 0.398 e. The van der Waals surface area contributed by atoms with Crippen molar-refractivity contribution in [1.82, 2.24) is 9.13 Å². The van der Waals surface area contributed by atoms with Crippen molar-refractivity contribution in [2.24, 2.45) is 5.73 Å². The molecule has 3 aromatic heterocycles. The number of rotatable bonds is 5. The topological polar surface area (TPSA) is 35.9 Å². The first-order valence-corrected chi connectivity index (χ1v) is 16.4. The lowest BCUT2D eigenvalue weighted by molar-refractivity contribution is 0.770. The number of aromatic nitrogens is 2. The average molecular weight is 598 g/mol. The van der Waals surface area contributed by atoms with Crippen LogP contribution in [0.3, 0.4) is 0 Å². The summed E-state index contributed by atoms with van der Waals surface area (Å²) in [4.78, 5) is 0. The van der Waals surface area contributed by atoms with Crippen LogP contribution in [-0.2, 0) is 13.0 Å². The second kappa shape index (κ2) is 10.4. The smallest absolute Gasteiger partial charge is 0.0541 e. The fourth-order valence-corrected chi connectivity index (χ4v) is 8.25. The van der Waals surface area contributed by atoms with Crippen molar-refractivity contribution in [1.29, 1.82) is 0 Å². The Kier molecular flexibility index (Phi) is 6.03. The number of allylic oxidation sites excluding steroid dienone is 4. The van der Waals surface area contributed by atoms with E-state index >= 15 is 0 Å². The van der Waals surface area contributed by atoms with E-state index in [1.54, 1.807) is 0 Å². The molecule has 3 nitrogen and oxygen atoms in total. The molecule has 0 radical (unpaired) electrons. The zero-order chi connectivity index (χ0) is 29.9. The number of para-hydroxylation sites is 3. The highest BCUT2D eigenvalue weighted by molar-refractivity contribution is 7.25. The molecule has 5 aromatic carbocycles. The monoisotopic (exact) mass is 597 g/mol. The van der Waals surface area contributed by atoms with E-state index in [4.69, 9.17) is 5.73 Å². The fraction of sp³-hybridized carbons (Fsp3) is 0.0732. The summed E-state index contributed by atoms with van der Waals surface area (Å²) in [5.74, 6) is 0. The number of nitrogens with zero attached hydrogens (tertiary/aromatic N) is 2. The van der Waals surface area contributed by atoms with Gasteiger partial charge < -0.3 is 14.9 Å². The van der Waals surface area contributed by atoms with Crippen LogP contribution >= 0.6 is 11.3 Å². The quantitative estimate of drug-likeness (QED) is 0.197. The Labute approximate surface area is 265 Å². The number of hydrogen-bond donors (Lipinski definition) is 1. The van der Waals surface area contributed by atoms with Gasteiger partial charge in [-0.2, -0.15) is 0 Å². The summed E-state index contributed by atoms with van der Waals surface area (Å²) in [5.41, 5.74) is 16.2. The van der Waals surface area contributed by atoms with Gasteiger partial charge in [-0.1, -0.05) is 85.0 Å². The van der Waals surface area contributed by atoms with Crippen LogP contribution in [0.5, 0.6) is 0 Å². The first kappa shape index (κ1) is 26.1. The molecule has 0 aliphatic heterocycles. The van der Waals surface area contributed by atoms with Gasteiger partial charge in [0.2, 0.25) is 0 Å². The normalized spacial score (nSPS) is 13.7. The number of benzene rings is 5. The van der Waals surface area contributed by atoms with E-state index in [1.807, 2.05) is 17.4 Å². The molecule has 0 fully saturated rings. The van der Waals surface area contributed by atoms with E-state index in [-0.39, 0.29) is 0 Å². The van der Waals surface area contributed by atoms with Crippen LogP contribution in [-0.4, -0.2) is 9.13 Å². The Bertz CT molecular complexity index is 2480. The van der Waals surface area contributed by atoms with Gasteiger partial charge in [-0.25, -0.2) is 0 Å². The minimum absolute atomic E-state index is 0.772. The van der Waals surface area contributed by atoms with Gasteiger partial charge in [0, 0.05) is 71.0 Å². The minimum atomic E-state index is 0.772. The van der Waals surface area contributed by atoms with Crippen LogP contribution in [0.2, 0.25) is 0 Å². The van der Waals surface area contributed by atoms with Crippen LogP contribution in [0.25, 0.3) is 70.3 Å². The first-order chi connectivity index (χ1) is 22.2. The van der Waals surface area contributed by atoms with E-state index in [0.29, 0.717) is 0 Å². The van der Waals surface area contributed by atoms with Crippen molar-refractivity contribution in [2.45, 2.75) is 19.4 Å². The molecule has 0 unspecified atom stereocenters. The van der Waals surface area contributed by atoms with Gasteiger partial charge in [0.05, 0.1) is 11.0 Å². The van der Waals surface area contributed by atoms with E-state index in [0.717, 1.165) is 30.6 Å². The molecule has 1 aliphatic carbocycles. The highest BCUT2D eigenvalue weighted by Gasteiger charge is 2.16. The predicted molar refractivity (Wildman–Crippen MR) is 194 cm³/mol. The highest BCUT2D eigenvalue weighted by Crippen LogP contribution is 2.38. The summed E-state index contributed by atoms with van der Waals surface area (Å²) in [5, 5.41) is 6.40. The van der Waals surface area contributed by atoms with Gasteiger partial charge in [0.15, 0.2) is 0 Å². The first-order valence-electron chi connectivity index (χ1n) is 15.6. The van der Waals surface area contributed by atoms with Crippen molar-refractivity contribution < 1.29 is 0 Å². The zero-order valence-corrected chi connectivity index (χ0v) is 25.6. The maximum Gasteiger partial charge on any atom is 0.0541 e. The Morgan fingerprint density at radius 2 is 1.38 bits per heavy atom. The molecule has 3 heterocycles. The average Bonchev–Trinajstić information content (AvgIpc) is 3.74. The molecular weight excluding hydrogens is 567 g/mol. The second-order valence-corrected chi connectivity index (χ2v) is 12.9. The SMILES string of the molecule is N/C(=C\C=C/Cn1c2c(c3ccccc31)C=CCC2)c1ccc2sc3ccc(-n4c5ccccc5c5ccccc54)cc3c2c1. The molecule has 0 bridgehead atoms. The van der Waals surface area contributed by atoms with Gasteiger partial charge in [-0.15, -0.1) is 11.3 Å². The molecule has 2 N–H and O–H groups in total. The third kappa shape index (κ3) is 4.17. The van der Waals surface area contributed by atoms with Crippen molar-refractivity contribution in [3.05, 3.63) is 150 Å². The van der Waals surface area contributed by atoms with Crippen molar-refractivity contribution in [3.63, 3.8) is 0 Å². The van der Waals surface area contributed by atoms with Gasteiger partial charge >= 0.3 is 0 Å². The Balaban J connectivity index is 1.07. The van der Waals surface area contributed by atoms with Gasteiger partial charge in [0.25, 0.3) is 0 Å².